The molecule has 3 fully saturated rings. The summed E-state index contributed by atoms with van der Waals surface area (Å²) in [6.07, 6.45) is 15.6. The van der Waals surface area contributed by atoms with Crippen molar-refractivity contribution in [1.82, 2.24) is 10.6 Å². The molecule has 4 rings (SSSR count). The molecular formula is C26H40N2O2. The highest BCUT2D eigenvalue weighted by Gasteiger charge is 2.55. The van der Waals surface area contributed by atoms with Crippen LogP contribution in [0.25, 0.3) is 0 Å². The lowest BCUT2D eigenvalue weighted by Crippen LogP contribution is -2.49. The monoisotopic (exact) mass is 412 g/mol. The third-order valence-corrected chi connectivity index (χ3v) is 8.45. The van der Waals surface area contributed by atoms with Crippen LogP contribution in [0.4, 0.5) is 0 Å². The second-order valence-electron chi connectivity index (χ2n) is 10.1. The largest absolute Gasteiger partial charge is 0.480 e. The number of carboxylic acid groups (broad SMARTS) is 1. The molecule has 1 saturated heterocycles. The van der Waals surface area contributed by atoms with Crippen molar-refractivity contribution in [2.75, 3.05) is 6.54 Å². The number of hydrogen-bond donors (Lipinski definition) is 3. The van der Waals surface area contributed by atoms with E-state index in [4.69, 9.17) is 0 Å². The molecule has 0 spiro atoms. The maximum Gasteiger partial charge on any atom is 0.320 e. The molecular weight excluding hydrogens is 372 g/mol. The molecule has 1 aromatic carbocycles. The van der Waals surface area contributed by atoms with Crippen LogP contribution >= 0.6 is 0 Å². The number of benzene rings is 1. The summed E-state index contributed by atoms with van der Waals surface area (Å²) in [7, 11) is 0. The van der Waals surface area contributed by atoms with Crippen LogP contribution in [0.15, 0.2) is 30.3 Å². The van der Waals surface area contributed by atoms with Crippen molar-refractivity contribution < 1.29 is 9.90 Å². The lowest BCUT2D eigenvalue weighted by atomic mass is 9.55. The van der Waals surface area contributed by atoms with Gasteiger partial charge < -0.3 is 15.7 Å². The number of hydrogen-bond acceptors (Lipinski definition) is 3. The van der Waals surface area contributed by atoms with Crippen LogP contribution < -0.4 is 10.6 Å². The summed E-state index contributed by atoms with van der Waals surface area (Å²) in [5.74, 6) is 0.543. The van der Waals surface area contributed by atoms with Gasteiger partial charge in [-0.1, -0.05) is 75.3 Å². The van der Waals surface area contributed by atoms with Gasteiger partial charge in [-0.15, -0.1) is 0 Å². The summed E-state index contributed by atoms with van der Waals surface area (Å²) in [4.78, 5) is 12.2. The zero-order chi connectivity index (χ0) is 20.8. The second-order valence-corrected chi connectivity index (χ2v) is 10.1. The lowest BCUT2D eigenvalue weighted by molar-refractivity contribution is -0.140. The number of carboxylic acids is 1. The van der Waals surface area contributed by atoms with Gasteiger partial charge in [0.1, 0.15) is 6.04 Å². The van der Waals surface area contributed by atoms with Gasteiger partial charge >= 0.3 is 5.97 Å². The minimum Gasteiger partial charge on any atom is -0.480 e. The molecule has 4 heteroatoms. The van der Waals surface area contributed by atoms with Crippen LogP contribution in [0.2, 0.25) is 0 Å². The van der Waals surface area contributed by atoms with Crippen molar-refractivity contribution in [3.63, 3.8) is 0 Å². The van der Waals surface area contributed by atoms with Crippen LogP contribution in [0.3, 0.4) is 0 Å². The first-order valence-electron chi connectivity index (χ1n) is 12.4. The van der Waals surface area contributed by atoms with Crippen molar-refractivity contribution in [3.05, 3.63) is 35.9 Å². The number of rotatable bonds is 7. The van der Waals surface area contributed by atoms with Crippen molar-refractivity contribution in [3.8, 4) is 0 Å². The predicted molar refractivity (Wildman–Crippen MR) is 121 cm³/mol. The Morgan fingerprint density at radius 1 is 1.03 bits per heavy atom. The van der Waals surface area contributed by atoms with E-state index in [0.29, 0.717) is 23.9 Å². The van der Waals surface area contributed by atoms with Crippen molar-refractivity contribution in [2.24, 2.45) is 17.3 Å². The molecule has 3 aliphatic rings. The van der Waals surface area contributed by atoms with Gasteiger partial charge in [0.2, 0.25) is 0 Å². The fourth-order valence-electron chi connectivity index (χ4n) is 6.99. The maximum atomic E-state index is 12.2. The third-order valence-electron chi connectivity index (χ3n) is 8.45. The zero-order valence-corrected chi connectivity index (χ0v) is 18.5. The number of nitrogens with one attached hydrogen (secondary N) is 2. The molecule has 3 N–H and O–H groups in total. The summed E-state index contributed by atoms with van der Waals surface area (Å²) in [6, 6.07) is 10.3. The van der Waals surface area contributed by atoms with Crippen LogP contribution in [0.1, 0.15) is 82.6 Å². The highest BCUT2D eigenvalue weighted by atomic mass is 16.4. The van der Waals surface area contributed by atoms with Gasteiger partial charge in [-0.3, -0.25) is 4.79 Å². The molecule has 4 unspecified atom stereocenters. The first-order valence-corrected chi connectivity index (χ1v) is 12.4. The van der Waals surface area contributed by atoms with E-state index in [-0.39, 0.29) is 0 Å². The highest BCUT2D eigenvalue weighted by Crippen LogP contribution is 2.56. The van der Waals surface area contributed by atoms with Gasteiger partial charge in [0, 0.05) is 12.6 Å². The van der Waals surface area contributed by atoms with Crippen molar-refractivity contribution >= 4 is 5.97 Å². The number of aliphatic carboxylic acids is 1. The summed E-state index contributed by atoms with van der Waals surface area (Å²) < 4.78 is 0. The van der Waals surface area contributed by atoms with E-state index in [1.807, 2.05) is 18.2 Å². The molecule has 0 bridgehead atoms. The molecule has 2 saturated carbocycles. The van der Waals surface area contributed by atoms with E-state index in [1.165, 1.54) is 70.6 Å². The summed E-state index contributed by atoms with van der Waals surface area (Å²) in [5, 5.41) is 17.3. The van der Waals surface area contributed by atoms with E-state index >= 15 is 0 Å². The molecule has 1 aromatic rings. The Bertz CT molecular complexity index is 671. The normalized spacial score (nSPS) is 31.5. The van der Waals surface area contributed by atoms with E-state index in [1.54, 1.807) is 0 Å². The average molecular weight is 413 g/mol. The minimum atomic E-state index is -0.696. The second kappa shape index (κ2) is 10.3. The van der Waals surface area contributed by atoms with Crippen LogP contribution in [0, 0.1) is 17.3 Å². The van der Waals surface area contributed by atoms with Crippen LogP contribution in [-0.4, -0.2) is 29.7 Å². The lowest BCUT2D eigenvalue weighted by Gasteiger charge is -2.50. The Labute approximate surface area is 182 Å². The molecule has 1 heterocycles. The van der Waals surface area contributed by atoms with Gasteiger partial charge in [-0.05, 0) is 61.5 Å². The summed E-state index contributed by atoms with van der Waals surface area (Å²) >= 11 is 0. The van der Waals surface area contributed by atoms with Gasteiger partial charge in [0.05, 0.1) is 0 Å². The maximum absolute atomic E-state index is 12.2. The standard InChI is InChI=1S/C26H40N2O2/c29-25(30)23(27-18-20-11-5-4-6-12-20)17-22-19-28-24-15-9-10-16-26(22,24)21-13-7-2-1-3-8-14-21/h4-6,11-12,21-24,27-28H,1-3,7-10,13-19H2,(H,29,30). The molecule has 0 amide bonds. The SMILES string of the molecule is O=C(O)C(CC1CNC2CCCCC12C1CCCCCCC1)NCc1ccccc1. The molecule has 2 aliphatic carbocycles. The van der Waals surface area contributed by atoms with Crippen LogP contribution in [0.5, 0.6) is 0 Å². The Kier molecular flexibility index (Phi) is 7.48. The van der Waals surface area contributed by atoms with Crippen molar-refractivity contribution in [1.29, 1.82) is 0 Å². The molecule has 1 aliphatic heterocycles. The van der Waals surface area contributed by atoms with Gasteiger partial charge in [-0.2, -0.15) is 0 Å². The van der Waals surface area contributed by atoms with Crippen molar-refractivity contribution in [2.45, 2.75) is 95.7 Å². The molecule has 0 aromatic heterocycles. The van der Waals surface area contributed by atoms with Crippen LogP contribution in [-0.2, 0) is 11.3 Å². The van der Waals surface area contributed by atoms with E-state index in [2.05, 4.69) is 22.8 Å². The Morgan fingerprint density at radius 2 is 1.73 bits per heavy atom. The van der Waals surface area contributed by atoms with Gasteiger partial charge in [-0.25, -0.2) is 0 Å². The third kappa shape index (κ3) is 4.75. The Morgan fingerprint density at radius 3 is 2.47 bits per heavy atom. The first kappa shape index (κ1) is 21.8. The fraction of sp³-hybridized carbons (Fsp3) is 0.731. The number of fused-ring (bicyclic) bond motifs is 1. The summed E-state index contributed by atoms with van der Waals surface area (Å²) in [5.41, 5.74) is 1.47. The molecule has 30 heavy (non-hydrogen) atoms. The molecule has 4 atom stereocenters. The Hall–Kier alpha value is -1.39. The van der Waals surface area contributed by atoms with E-state index < -0.39 is 12.0 Å². The van der Waals surface area contributed by atoms with Gasteiger partial charge in [0.15, 0.2) is 0 Å². The molecule has 166 valence electrons. The Balaban J connectivity index is 1.50. The molecule has 4 nitrogen and oxygen atoms in total. The molecule has 0 radical (unpaired) electrons. The minimum absolute atomic E-state index is 0.317. The predicted octanol–water partition coefficient (Wildman–Crippen LogP) is 5.13. The van der Waals surface area contributed by atoms with E-state index in [0.717, 1.165) is 24.4 Å². The summed E-state index contributed by atoms with van der Waals surface area (Å²) in [6.45, 7) is 1.62. The highest BCUT2D eigenvalue weighted by molar-refractivity contribution is 5.73. The smallest absolute Gasteiger partial charge is 0.320 e. The zero-order valence-electron chi connectivity index (χ0n) is 18.5. The van der Waals surface area contributed by atoms with Gasteiger partial charge in [0.25, 0.3) is 0 Å². The van der Waals surface area contributed by atoms with E-state index in [9.17, 15) is 9.90 Å². The first-order chi connectivity index (χ1) is 14.7. The quantitative estimate of drug-likeness (QED) is 0.581. The average Bonchev–Trinajstić information content (AvgIpc) is 3.10. The fourth-order valence-corrected chi connectivity index (χ4v) is 6.99. The topological polar surface area (TPSA) is 61.4 Å². The number of carbonyl (C=O) groups is 1.